The lowest BCUT2D eigenvalue weighted by atomic mass is 10.2. The molecule has 98 valence electrons. The number of hydrogen-bond acceptors (Lipinski definition) is 4. The largest absolute Gasteiger partial charge is 0.340 e. The Morgan fingerprint density at radius 1 is 1.35 bits per heavy atom. The van der Waals surface area contributed by atoms with E-state index in [-0.39, 0.29) is 0 Å². The van der Waals surface area contributed by atoms with Crippen LogP contribution >= 0.6 is 0 Å². The molecule has 1 aromatic carbocycles. The summed E-state index contributed by atoms with van der Waals surface area (Å²) in [5, 5.41) is 14.0. The van der Waals surface area contributed by atoms with E-state index >= 15 is 0 Å². The second kappa shape index (κ2) is 4.20. The van der Waals surface area contributed by atoms with E-state index in [0.717, 1.165) is 29.6 Å². The molecule has 5 nitrogen and oxygen atoms in total. The van der Waals surface area contributed by atoms with Crippen LogP contribution in [0.15, 0.2) is 35.0 Å². The lowest BCUT2D eigenvalue weighted by molar-refractivity contribution is 0.373. The van der Waals surface area contributed by atoms with Crippen LogP contribution in [0.2, 0.25) is 0 Å². The molecule has 1 aliphatic carbocycles. The molecule has 2 heterocycles. The maximum atomic E-state index is 8.91. The molecule has 3 aromatic rings. The van der Waals surface area contributed by atoms with Crippen molar-refractivity contribution in [1.82, 2.24) is 14.7 Å². The highest BCUT2D eigenvalue weighted by atomic mass is 16.5. The molecule has 0 N–H and O–H groups in total. The van der Waals surface area contributed by atoms with Crippen molar-refractivity contribution in [3.8, 4) is 6.07 Å². The zero-order valence-corrected chi connectivity index (χ0v) is 10.8. The molecule has 1 saturated carbocycles. The number of nitrogens with zero attached hydrogens (tertiary/aromatic N) is 4. The third-order valence-corrected chi connectivity index (χ3v) is 3.62. The zero-order valence-electron chi connectivity index (χ0n) is 10.8. The summed E-state index contributed by atoms with van der Waals surface area (Å²) >= 11 is 0. The third kappa shape index (κ3) is 1.86. The normalized spacial score (nSPS) is 14.6. The van der Waals surface area contributed by atoms with E-state index in [0.29, 0.717) is 23.9 Å². The van der Waals surface area contributed by atoms with Crippen LogP contribution in [0, 0.1) is 11.3 Å². The predicted molar refractivity (Wildman–Crippen MR) is 72.0 cm³/mol. The molecule has 1 fully saturated rings. The maximum Gasteiger partial charge on any atom is 0.229 e. The second-order valence-corrected chi connectivity index (χ2v) is 5.15. The van der Waals surface area contributed by atoms with Gasteiger partial charge in [-0.05, 0) is 37.1 Å². The summed E-state index contributed by atoms with van der Waals surface area (Å²) in [6, 6.07) is 9.81. The molecule has 0 amide bonds. The Hall–Kier alpha value is -2.61. The number of fused-ring (bicyclic) bond motifs is 1. The minimum atomic E-state index is 0.482. The smallest absolute Gasteiger partial charge is 0.229 e. The summed E-state index contributed by atoms with van der Waals surface area (Å²) in [5.41, 5.74) is 1.74. The van der Waals surface area contributed by atoms with Crippen LogP contribution < -0.4 is 0 Å². The van der Waals surface area contributed by atoms with Gasteiger partial charge < -0.3 is 9.09 Å². The van der Waals surface area contributed by atoms with Gasteiger partial charge in [0.1, 0.15) is 0 Å². The number of benzene rings is 1. The molecule has 5 heteroatoms. The predicted octanol–water partition coefficient (Wildman–Crippen LogP) is 2.82. The van der Waals surface area contributed by atoms with Crippen molar-refractivity contribution in [3.63, 3.8) is 0 Å². The van der Waals surface area contributed by atoms with Gasteiger partial charge in [0.2, 0.25) is 5.89 Å². The summed E-state index contributed by atoms with van der Waals surface area (Å²) in [5.74, 6) is 1.95. The molecule has 0 saturated heterocycles. The Morgan fingerprint density at radius 3 is 3.05 bits per heavy atom. The van der Waals surface area contributed by atoms with Crippen molar-refractivity contribution in [2.75, 3.05) is 0 Å². The molecule has 0 bridgehead atoms. The molecule has 20 heavy (non-hydrogen) atoms. The van der Waals surface area contributed by atoms with Crippen LogP contribution in [0.1, 0.15) is 36.0 Å². The van der Waals surface area contributed by atoms with E-state index in [4.69, 9.17) is 9.78 Å². The Morgan fingerprint density at radius 2 is 2.25 bits per heavy atom. The zero-order chi connectivity index (χ0) is 13.5. The maximum absolute atomic E-state index is 8.91. The topological polar surface area (TPSA) is 67.6 Å². The first kappa shape index (κ1) is 11.2. The lowest BCUT2D eigenvalue weighted by Gasteiger charge is -2.01. The Bertz CT molecular complexity index is 820. The van der Waals surface area contributed by atoms with Crippen molar-refractivity contribution in [2.24, 2.45) is 0 Å². The monoisotopic (exact) mass is 264 g/mol. The van der Waals surface area contributed by atoms with Gasteiger partial charge in [0.15, 0.2) is 5.82 Å². The fourth-order valence-electron chi connectivity index (χ4n) is 2.39. The van der Waals surface area contributed by atoms with Gasteiger partial charge >= 0.3 is 0 Å². The minimum Gasteiger partial charge on any atom is -0.340 e. The van der Waals surface area contributed by atoms with E-state index in [1.165, 1.54) is 0 Å². The first-order chi connectivity index (χ1) is 9.83. The van der Waals surface area contributed by atoms with Gasteiger partial charge in [-0.15, -0.1) is 0 Å². The van der Waals surface area contributed by atoms with E-state index in [1.807, 2.05) is 30.5 Å². The SMILES string of the molecule is N#Cc1ccc2c(ccn2Cc2noc(C3CC3)n2)c1. The molecule has 0 spiro atoms. The van der Waals surface area contributed by atoms with Gasteiger partial charge in [-0.3, -0.25) is 0 Å². The van der Waals surface area contributed by atoms with Gasteiger partial charge in [-0.1, -0.05) is 5.16 Å². The summed E-state index contributed by atoms with van der Waals surface area (Å²) in [6.45, 7) is 0.589. The Labute approximate surface area is 115 Å². The third-order valence-electron chi connectivity index (χ3n) is 3.62. The van der Waals surface area contributed by atoms with Gasteiger partial charge in [-0.25, -0.2) is 0 Å². The summed E-state index contributed by atoms with van der Waals surface area (Å²) in [7, 11) is 0. The minimum absolute atomic E-state index is 0.482. The van der Waals surface area contributed by atoms with Gasteiger partial charge in [0.05, 0.1) is 18.2 Å². The highest BCUT2D eigenvalue weighted by molar-refractivity contribution is 5.81. The summed E-state index contributed by atoms with van der Waals surface area (Å²) in [4.78, 5) is 4.44. The van der Waals surface area contributed by atoms with Crippen LogP contribution in [-0.2, 0) is 6.54 Å². The summed E-state index contributed by atoms with van der Waals surface area (Å²) in [6.07, 6.45) is 4.30. The van der Waals surface area contributed by atoms with Crippen LogP contribution in [0.5, 0.6) is 0 Å². The molecule has 0 unspecified atom stereocenters. The highest BCUT2D eigenvalue weighted by Gasteiger charge is 2.29. The average molecular weight is 264 g/mol. The number of hydrogen-bond donors (Lipinski definition) is 0. The van der Waals surface area contributed by atoms with Gasteiger partial charge in [-0.2, -0.15) is 10.2 Å². The molecule has 0 atom stereocenters. The van der Waals surface area contributed by atoms with Crippen molar-refractivity contribution in [3.05, 3.63) is 47.7 Å². The van der Waals surface area contributed by atoms with Gasteiger partial charge in [0, 0.05) is 23.0 Å². The van der Waals surface area contributed by atoms with Crippen LogP contribution in [0.4, 0.5) is 0 Å². The lowest BCUT2D eigenvalue weighted by Crippen LogP contribution is -1.99. The van der Waals surface area contributed by atoms with E-state index in [1.54, 1.807) is 0 Å². The highest BCUT2D eigenvalue weighted by Crippen LogP contribution is 2.38. The molecule has 4 rings (SSSR count). The molecule has 1 aliphatic rings. The van der Waals surface area contributed by atoms with Gasteiger partial charge in [0.25, 0.3) is 0 Å². The van der Waals surface area contributed by atoms with Crippen molar-refractivity contribution >= 4 is 10.9 Å². The molecule has 0 radical (unpaired) electrons. The van der Waals surface area contributed by atoms with Crippen LogP contribution in [0.3, 0.4) is 0 Å². The molecular weight excluding hydrogens is 252 g/mol. The molecular formula is C15H12N4O. The Kier molecular flexibility index (Phi) is 2.36. The number of aromatic nitrogens is 3. The first-order valence-electron chi connectivity index (χ1n) is 6.65. The standard InChI is InChI=1S/C15H12N4O/c16-8-10-1-4-13-12(7-10)5-6-19(13)9-14-17-15(20-18-14)11-2-3-11/h1,4-7,11H,2-3,9H2. The van der Waals surface area contributed by atoms with Crippen LogP contribution in [0.25, 0.3) is 10.9 Å². The number of rotatable bonds is 3. The number of nitriles is 1. The van der Waals surface area contributed by atoms with Crippen LogP contribution in [-0.4, -0.2) is 14.7 Å². The quantitative estimate of drug-likeness (QED) is 0.729. The second-order valence-electron chi connectivity index (χ2n) is 5.15. The first-order valence-corrected chi connectivity index (χ1v) is 6.65. The fraction of sp³-hybridized carbons (Fsp3) is 0.267. The van der Waals surface area contributed by atoms with Crippen molar-refractivity contribution in [1.29, 1.82) is 5.26 Å². The van der Waals surface area contributed by atoms with E-state index in [2.05, 4.69) is 20.8 Å². The van der Waals surface area contributed by atoms with Crippen molar-refractivity contribution in [2.45, 2.75) is 25.3 Å². The summed E-state index contributed by atoms with van der Waals surface area (Å²) < 4.78 is 7.34. The van der Waals surface area contributed by atoms with Crippen molar-refractivity contribution < 1.29 is 4.52 Å². The Balaban J connectivity index is 1.66. The molecule has 2 aromatic heterocycles. The molecule has 0 aliphatic heterocycles. The average Bonchev–Trinajstić information content (AvgIpc) is 3.10. The fourth-order valence-corrected chi connectivity index (χ4v) is 2.39. The van der Waals surface area contributed by atoms with E-state index < -0.39 is 0 Å². The van der Waals surface area contributed by atoms with E-state index in [9.17, 15) is 0 Å².